The number of halogens is 3. The molecular formula is C18H13ClF2N4. The summed E-state index contributed by atoms with van der Waals surface area (Å²) < 4.78 is 26.3. The first-order chi connectivity index (χ1) is 12.0. The van der Waals surface area contributed by atoms with Gasteiger partial charge in [-0.25, -0.2) is 8.78 Å². The second kappa shape index (κ2) is 6.94. The van der Waals surface area contributed by atoms with Gasteiger partial charge in [0.2, 0.25) is 0 Å². The molecule has 25 heavy (non-hydrogen) atoms. The maximum Gasteiger partial charge on any atom is 0.159 e. The van der Waals surface area contributed by atoms with Crippen LogP contribution >= 0.6 is 11.6 Å². The first kappa shape index (κ1) is 17.0. The minimum Gasteiger partial charge on any atom is -0.371 e. The lowest BCUT2D eigenvalue weighted by atomic mass is 10.0. The average molecular weight is 359 g/mol. The van der Waals surface area contributed by atoms with Gasteiger partial charge in [0.25, 0.3) is 0 Å². The molecule has 0 atom stereocenters. The van der Waals surface area contributed by atoms with Gasteiger partial charge >= 0.3 is 0 Å². The van der Waals surface area contributed by atoms with Crippen molar-refractivity contribution in [3.05, 3.63) is 76.3 Å². The fraction of sp³-hybridized carbons (Fsp3) is 0.0556. The Morgan fingerprint density at radius 1 is 0.960 bits per heavy atom. The first-order valence-corrected chi connectivity index (χ1v) is 7.73. The minimum atomic E-state index is -0.392. The van der Waals surface area contributed by atoms with Gasteiger partial charge < -0.3 is 5.32 Å². The summed E-state index contributed by atoms with van der Waals surface area (Å²) in [5, 5.41) is 19.6. The van der Waals surface area contributed by atoms with Crippen LogP contribution in [0.5, 0.6) is 0 Å². The summed E-state index contributed by atoms with van der Waals surface area (Å²) in [5.74, 6) is -0.444. The second-order valence-corrected chi connectivity index (χ2v) is 5.60. The normalized spacial score (nSPS) is 10.6. The zero-order valence-corrected chi connectivity index (χ0v) is 13.9. The molecule has 0 aliphatic carbocycles. The summed E-state index contributed by atoms with van der Waals surface area (Å²) in [6.07, 6.45) is 0. The van der Waals surface area contributed by atoms with Crippen LogP contribution in [0.25, 0.3) is 11.3 Å². The maximum atomic E-state index is 13.1. The van der Waals surface area contributed by atoms with Gasteiger partial charge in [-0.05, 0) is 48.5 Å². The van der Waals surface area contributed by atoms with Crippen LogP contribution in [0.1, 0.15) is 11.1 Å². The van der Waals surface area contributed by atoms with Gasteiger partial charge in [0, 0.05) is 18.2 Å². The summed E-state index contributed by atoms with van der Waals surface area (Å²) in [7, 11) is 1.64. The molecule has 0 saturated heterocycles. The van der Waals surface area contributed by atoms with Crippen molar-refractivity contribution >= 4 is 23.1 Å². The molecule has 1 heterocycles. The van der Waals surface area contributed by atoms with E-state index in [0.29, 0.717) is 28.2 Å². The third-order valence-electron chi connectivity index (χ3n) is 3.65. The van der Waals surface area contributed by atoms with E-state index in [-0.39, 0.29) is 16.6 Å². The molecule has 0 fully saturated rings. The summed E-state index contributed by atoms with van der Waals surface area (Å²) in [4.78, 5) is 0. The predicted octanol–water partition coefficient (Wildman–Crippen LogP) is 4.53. The molecule has 0 aliphatic rings. The van der Waals surface area contributed by atoms with Gasteiger partial charge in [0.1, 0.15) is 17.3 Å². The summed E-state index contributed by atoms with van der Waals surface area (Å²) in [6.45, 7) is 0. The number of anilines is 1. The number of rotatable bonds is 4. The number of nitrogens with zero attached hydrogens (tertiary/aromatic N) is 2. The average Bonchev–Trinajstić information content (AvgIpc) is 2.62. The van der Waals surface area contributed by atoms with Crippen molar-refractivity contribution in [1.29, 1.82) is 5.41 Å². The fourth-order valence-corrected chi connectivity index (χ4v) is 2.70. The molecule has 1 aromatic heterocycles. The van der Waals surface area contributed by atoms with Crippen molar-refractivity contribution in [2.24, 2.45) is 0 Å². The molecule has 3 rings (SSSR count). The Hall–Kier alpha value is -2.86. The summed E-state index contributed by atoms with van der Waals surface area (Å²) in [6, 6.07) is 11.2. The highest BCUT2D eigenvalue weighted by atomic mass is 35.5. The number of hydrogen-bond donors (Lipinski definition) is 2. The van der Waals surface area contributed by atoms with Crippen molar-refractivity contribution in [3.8, 4) is 11.3 Å². The topological polar surface area (TPSA) is 61.7 Å². The number of aromatic nitrogens is 2. The van der Waals surface area contributed by atoms with E-state index < -0.39 is 5.82 Å². The van der Waals surface area contributed by atoms with Crippen molar-refractivity contribution < 1.29 is 8.78 Å². The van der Waals surface area contributed by atoms with E-state index in [4.69, 9.17) is 17.0 Å². The van der Waals surface area contributed by atoms with Crippen LogP contribution in [0.3, 0.4) is 0 Å². The largest absolute Gasteiger partial charge is 0.371 e. The molecule has 126 valence electrons. The van der Waals surface area contributed by atoms with Gasteiger partial charge in [-0.2, -0.15) is 0 Å². The van der Waals surface area contributed by atoms with Crippen molar-refractivity contribution in [2.75, 3.05) is 12.4 Å². The van der Waals surface area contributed by atoms with Crippen LogP contribution in [0.2, 0.25) is 5.02 Å². The monoisotopic (exact) mass is 358 g/mol. The highest BCUT2D eigenvalue weighted by molar-refractivity contribution is 6.38. The van der Waals surface area contributed by atoms with Crippen molar-refractivity contribution in [3.63, 3.8) is 0 Å². The maximum absolute atomic E-state index is 13.1. The van der Waals surface area contributed by atoms with E-state index in [0.717, 1.165) is 0 Å². The lowest BCUT2D eigenvalue weighted by molar-refractivity contribution is 0.627. The summed E-state index contributed by atoms with van der Waals surface area (Å²) >= 11 is 6.49. The van der Waals surface area contributed by atoms with Gasteiger partial charge in [0.05, 0.1) is 16.3 Å². The van der Waals surface area contributed by atoms with E-state index in [1.165, 1.54) is 48.5 Å². The van der Waals surface area contributed by atoms with Crippen LogP contribution < -0.4 is 5.32 Å². The Labute approximate surface area is 148 Å². The zero-order valence-electron chi connectivity index (χ0n) is 13.1. The Balaban J connectivity index is 2.14. The molecule has 4 nitrogen and oxygen atoms in total. The van der Waals surface area contributed by atoms with Crippen LogP contribution in [0.15, 0.2) is 48.5 Å². The fourth-order valence-electron chi connectivity index (χ4n) is 2.37. The predicted molar refractivity (Wildman–Crippen MR) is 94.3 cm³/mol. The van der Waals surface area contributed by atoms with E-state index >= 15 is 0 Å². The Morgan fingerprint density at radius 2 is 1.52 bits per heavy atom. The number of benzene rings is 2. The molecule has 0 amide bonds. The number of nitrogens with one attached hydrogen (secondary N) is 2. The SMILES string of the molecule is CNc1nnc(-c2ccc(F)cc2)c(Cl)c1C(=N)c1ccc(F)cc1. The lowest BCUT2D eigenvalue weighted by Gasteiger charge is -2.14. The Kier molecular flexibility index (Phi) is 4.72. The van der Waals surface area contributed by atoms with Crippen molar-refractivity contribution in [2.45, 2.75) is 0 Å². The Bertz CT molecular complexity index is 925. The van der Waals surface area contributed by atoms with Crippen LogP contribution in [0.4, 0.5) is 14.6 Å². The number of hydrogen-bond acceptors (Lipinski definition) is 4. The smallest absolute Gasteiger partial charge is 0.159 e. The van der Waals surface area contributed by atoms with Crippen LogP contribution in [-0.2, 0) is 0 Å². The van der Waals surface area contributed by atoms with Gasteiger partial charge in [0.15, 0.2) is 5.82 Å². The molecular weight excluding hydrogens is 346 g/mol. The summed E-state index contributed by atoms with van der Waals surface area (Å²) in [5.41, 5.74) is 1.81. The zero-order chi connectivity index (χ0) is 18.0. The Morgan fingerprint density at radius 3 is 2.08 bits per heavy atom. The highest BCUT2D eigenvalue weighted by Gasteiger charge is 2.20. The van der Waals surface area contributed by atoms with Crippen LogP contribution in [0, 0.1) is 17.0 Å². The van der Waals surface area contributed by atoms with E-state index in [2.05, 4.69) is 15.5 Å². The van der Waals surface area contributed by atoms with Crippen molar-refractivity contribution in [1.82, 2.24) is 10.2 Å². The molecule has 2 aromatic carbocycles. The molecule has 0 spiro atoms. The van der Waals surface area contributed by atoms with Gasteiger partial charge in [-0.3, -0.25) is 5.41 Å². The lowest BCUT2D eigenvalue weighted by Crippen LogP contribution is -2.10. The molecule has 0 saturated carbocycles. The van der Waals surface area contributed by atoms with Gasteiger partial charge in [-0.1, -0.05) is 11.6 Å². The van der Waals surface area contributed by atoms with E-state index in [1.54, 1.807) is 7.05 Å². The molecule has 0 aliphatic heterocycles. The molecule has 7 heteroatoms. The van der Waals surface area contributed by atoms with E-state index in [1.807, 2.05) is 0 Å². The highest BCUT2D eigenvalue weighted by Crippen LogP contribution is 2.33. The molecule has 3 aromatic rings. The van der Waals surface area contributed by atoms with E-state index in [9.17, 15) is 8.78 Å². The standard InChI is InChI=1S/C18H13ClF2N4/c1-23-18-14(16(22)10-2-6-12(20)7-3-10)15(19)17(24-25-18)11-4-8-13(21)9-5-11/h2-9,22H,1H3,(H,23,25). The molecule has 0 radical (unpaired) electrons. The third kappa shape index (κ3) is 3.34. The van der Waals surface area contributed by atoms with Crippen LogP contribution in [-0.4, -0.2) is 23.0 Å². The first-order valence-electron chi connectivity index (χ1n) is 7.36. The second-order valence-electron chi connectivity index (χ2n) is 5.22. The molecule has 2 N–H and O–H groups in total. The third-order valence-corrected chi connectivity index (χ3v) is 4.02. The quantitative estimate of drug-likeness (QED) is 0.673. The minimum absolute atomic E-state index is 0.0765. The molecule has 0 bridgehead atoms. The molecule has 0 unspecified atom stereocenters. The van der Waals surface area contributed by atoms with Gasteiger partial charge in [-0.15, -0.1) is 10.2 Å².